The van der Waals surface area contributed by atoms with Gasteiger partial charge in [-0.3, -0.25) is 4.79 Å². The van der Waals surface area contributed by atoms with Crippen LogP contribution in [0.2, 0.25) is 0 Å². The maximum Gasteiger partial charge on any atom is 0.327 e. The second-order valence-corrected chi connectivity index (χ2v) is 4.18. The maximum absolute atomic E-state index is 12.2. The number of hydrogen-bond donors (Lipinski definition) is 2. The van der Waals surface area contributed by atoms with E-state index in [0.717, 1.165) is 5.76 Å². The molecule has 1 fully saturated rings. The van der Waals surface area contributed by atoms with Gasteiger partial charge >= 0.3 is 5.97 Å². The van der Waals surface area contributed by atoms with E-state index in [-0.39, 0.29) is 18.2 Å². The third-order valence-corrected chi connectivity index (χ3v) is 3.01. The van der Waals surface area contributed by atoms with Crippen molar-refractivity contribution in [2.45, 2.75) is 19.4 Å². The van der Waals surface area contributed by atoms with Crippen LogP contribution in [0.15, 0.2) is 16.5 Å². The lowest BCUT2D eigenvalue weighted by molar-refractivity contribution is -0.142. The van der Waals surface area contributed by atoms with E-state index in [4.69, 9.17) is 9.52 Å². The Hall–Kier alpha value is -1.82. The number of aliphatic carboxylic acids is 1. The predicted molar refractivity (Wildman–Crippen MR) is 63.4 cm³/mol. The molecule has 0 saturated carbocycles. The third-order valence-electron chi connectivity index (χ3n) is 3.01. The molecule has 2 heterocycles. The number of nitrogens with one attached hydrogen (secondary N) is 1. The number of amides is 1. The summed E-state index contributed by atoms with van der Waals surface area (Å²) in [6.45, 7) is 3.16. The SMILES string of the molecule is CCc1ccc(C(=O)N2CCNCC2C(=O)O)o1. The summed E-state index contributed by atoms with van der Waals surface area (Å²) >= 11 is 0. The topological polar surface area (TPSA) is 82.8 Å². The molecule has 2 N–H and O–H groups in total. The Kier molecular flexibility index (Phi) is 3.66. The van der Waals surface area contributed by atoms with Gasteiger partial charge in [-0.25, -0.2) is 4.79 Å². The Morgan fingerprint density at radius 2 is 2.33 bits per heavy atom. The molecule has 18 heavy (non-hydrogen) atoms. The first kappa shape index (κ1) is 12.6. The number of carbonyl (C=O) groups excluding carboxylic acids is 1. The highest BCUT2D eigenvalue weighted by atomic mass is 16.4. The van der Waals surface area contributed by atoms with Crippen molar-refractivity contribution in [3.8, 4) is 0 Å². The van der Waals surface area contributed by atoms with Crippen molar-refractivity contribution >= 4 is 11.9 Å². The molecule has 0 aromatic carbocycles. The monoisotopic (exact) mass is 252 g/mol. The fraction of sp³-hybridized carbons (Fsp3) is 0.500. The molecule has 1 unspecified atom stereocenters. The quantitative estimate of drug-likeness (QED) is 0.810. The third kappa shape index (κ3) is 2.38. The molecule has 0 aliphatic carbocycles. The lowest BCUT2D eigenvalue weighted by atomic mass is 10.2. The van der Waals surface area contributed by atoms with Gasteiger partial charge in [0.2, 0.25) is 0 Å². The van der Waals surface area contributed by atoms with Crippen LogP contribution in [0.3, 0.4) is 0 Å². The average Bonchev–Trinajstić information content (AvgIpc) is 2.86. The minimum atomic E-state index is -1.00. The first-order valence-corrected chi connectivity index (χ1v) is 5.96. The zero-order chi connectivity index (χ0) is 13.1. The van der Waals surface area contributed by atoms with Crippen LogP contribution < -0.4 is 5.32 Å². The Morgan fingerprint density at radius 3 is 2.94 bits per heavy atom. The molecular weight excluding hydrogens is 236 g/mol. The van der Waals surface area contributed by atoms with Gasteiger partial charge in [-0.1, -0.05) is 6.92 Å². The molecule has 1 aromatic rings. The van der Waals surface area contributed by atoms with Crippen LogP contribution in [0.1, 0.15) is 23.2 Å². The van der Waals surface area contributed by atoms with Crippen LogP contribution in [0.25, 0.3) is 0 Å². The van der Waals surface area contributed by atoms with Crippen LogP contribution in [-0.4, -0.2) is 47.6 Å². The molecular formula is C12H16N2O4. The predicted octanol–water partition coefficient (Wildman–Crippen LogP) is 0.341. The van der Waals surface area contributed by atoms with Crippen molar-refractivity contribution in [2.24, 2.45) is 0 Å². The summed E-state index contributed by atoms with van der Waals surface area (Å²) in [5.41, 5.74) is 0. The summed E-state index contributed by atoms with van der Waals surface area (Å²) in [6, 6.07) is 2.51. The second kappa shape index (κ2) is 5.22. The van der Waals surface area contributed by atoms with Crippen molar-refractivity contribution in [3.05, 3.63) is 23.7 Å². The zero-order valence-corrected chi connectivity index (χ0v) is 10.2. The number of furan rings is 1. The Balaban J connectivity index is 2.17. The van der Waals surface area contributed by atoms with Crippen LogP contribution in [0.4, 0.5) is 0 Å². The molecule has 1 aliphatic rings. The van der Waals surface area contributed by atoms with Gasteiger partial charge in [0.15, 0.2) is 5.76 Å². The summed E-state index contributed by atoms with van der Waals surface area (Å²) < 4.78 is 5.37. The fourth-order valence-electron chi connectivity index (χ4n) is 1.99. The Bertz CT molecular complexity index is 455. The van der Waals surface area contributed by atoms with E-state index >= 15 is 0 Å². The van der Waals surface area contributed by atoms with Crippen molar-refractivity contribution < 1.29 is 19.1 Å². The minimum absolute atomic E-state index is 0.208. The number of piperazine rings is 1. The zero-order valence-electron chi connectivity index (χ0n) is 10.2. The number of carboxylic acid groups (broad SMARTS) is 1. The van der Waals surface area contributed by atoms with Crippen molar-refractivity contribution in [1.82, 2.24) is 10.2 Å². The van der Waals surface area contributed by atoms with Gasteiger partial charge in [0.25, 0.3) is 5.91 Å². The molecule has 1 aliphatic heterocycles. The number of nitrogens with zero attached hydrogens (tertiary/aromatic N) is 1. The van der Waals surface area contributed by atoms with Crippen molar-refractivity contribution in [3.63, 3.8) is 0 Å². The highest BCUT2D eigenvalue weighted by molar-refractivity contribution is 5.94. The van der Waals surface area contributed by atoms with Crippen LogP contribution in [0, 0.1) is 0 Å². The summed E-state index contributed by atoms with van der Waals surface area (Å²) in [5, 5.41) is 12.1. The van der Waals surface area contributed by atoms with Gasteiger partial charge in [0, 0.05) is 26.1 Å². The van der Waals surface area contributed by atoms with Crippen molar-refractivity contribution in [1.29, 1.82) is 0 Å². The molecule has 0 radical (unpaired) electrons. The molecule has 1 amide bonds. The number of aryl methyl sites for hydroxylation is 1. The van der Waals surface area contributed by atoms with Crippen LogP contribution in [-0.2, 0) is 11.2 Å². The summed E-state index contributed by atoms with van der Waals surface area (Å²) in [6.07, 6.45) is 0.706. The van der Waals surface area contributed by atoms with E-state index < -0.39 is 12.0 Å². The highest BCUT2D eigenvalue weighted by Crippen LogP contribution is 2.14. The molecule has 0 bridgehead atoms. The van der Waals surface area contributed by atoms with Gasteiger partial charge in [-0.05, 0) is 12.1 Å². The standard InChI is InChI=1S/C12H16N2O4/c1-2-8-3-4-10(18-8)11(15)14-6-5-13-7-9(14)12(16)17/h3-4,9,13H,2,5-7H2,1H3,(H,16,17). The Labute approximate surface area is 105 Å². The lowest BCUT2D eigenvalue weighted by Gasteiger charge is -2.32. The molecule has 1 saturated heterocycles. The van der Waals surface area contributed by atoms with E-state index in [9.17, 15) is 9.59 Å². The van der Waals surface area contributed by atoms with Gasteiger partial charge < -0.3 is 19.7 Å². The number of rotatable bonds is 3. The summed E-state index contributed by atoms with van der Waals surface area (Å²) in [7, 11) is 0. The summed E-state index contributed by atoms with van der Waals surface area (Å²) in [4.78, 5) is 24.6. The first-order valence-electron chi connectivity index (χ1n) is 5.96. The Morgan fingerprint density at radius 1 is 1.56 bits per heavy atom. The van der Waals surface area contributed by atoms with Gasteiger partial charge in [-0.2, -0.15) is 0 Å². The molecule has 98 valence electrons. The van der Waals surface area contributed by atoms with E-state index in [1.165, 1.54) is 4.90 Å². The molecule has 1 atom stereocenters. The van der Waals surface area contributed by atoms with E-state index in [1.54, 1.807) is 12.1 Å². The van der Waals surface area contributed by atoms with Gasteiger partial charge in [0.1, 0.15) is 11.8 Å². The van der Waals surface area contributed by atoms with E-state index in [1.807, 2.05) is 6.92 Å². The normalized spacial score (nSPS) is 19.8. The van der Waals surface area contributed by atoms with E-state index in [0.29, 0.717) is 19.5 Å². The number of hydrogen-bond acceptors (Lipinski definition) is 4. The molecule has 0 spiro atoms. The molecule has 6 nitrogen and oxygen atoms in total. The minimum Gasteiger partial charge on any atom is -0.480 e. The maximum atomic E-state index is 12.2. The van der Waals surface area contributed by atoms with Crippen LogP contribution >= 0.6 is 0 Å². The number of carboxylic acids is 1. The second-order valence-electron chi connectivity index (χ2n) is 4.18. The average molecular weight is 252 g/mol. The number of carbonyl (C=O) groups is 2. The van der Waals surface area contributed by atoms with Crippen molar-refractivity contribution in [2.75, 3.05) is 19.6 Å². The molecule has 2 rings (SSSR count). The van der Waals surface area contributed by atoms with Crippen LogP contribution in [0.5, 0.6) is 0 Å². The fourth-order valence-corrected chi connectivity index (χ4v) is 1.99. The smallest absolute Gasteiger partial charge is 0.327 e. The highest BCUT2D eigenvalue weighted by Gasteiger charge is 2.33. The molecule has 1 aromatic heterocycles. The lowest BCUT2D eigenvalue weighted by Crippen LogP contribution is -2.56. The van der Waals surface area contributed by atoms with Gasteiger partial charge in [0.05, 0.1) is 0 Å². The van der Waals surface area contributed by atoms with Gasteiger partial charge in [-0.15, -0.1) is 0 Å². The molecule has 6 heteroatoms. The van der Waals surface area contributed by atoms with E-state index in [2.05, 4.69) is 5.32 Å². The summed E-state index contributed by atoms with van der Waals surface area (Å²) in [5.74, 6) is -0.429. The largest absolute Gasteiger partial charge is 0.480 e. The first-order chi connectivity index (χ1) is 8.63.